The largest absolute Gasteiger partial charge is 0.449 e. The summed E-state index contributed by atoms with van der Waals surface area (Å²) in [7, 11) is 0. The Hall–Kier alpha value is -0.840. The molecule has 5 heteroatoms. The molecule has 1 heterocycles. The maximum Gasteiger partial charge on any atom is 0.409 e. The second-order valence-electron chi connectivity index (χ2n) is 3.79. The van der Waals surface area contributed by atoms with Crippen LogP contribution in [0, 0.1) is 0 Å². The second kappa shape index (κ2) is 5.90. The number of carbonyl (C=O) groups is 1. The Morgan fingerprint density at radius 1 is 1.67 bits per heavy atom. The fourth-order valence-electron chi connectivity index (χ4n) is 1.46. The number of hydrogen-bond acceptors (Lipinski definition) is 3. The third-order valence-corrected chi connectivity index (χ3v) is 2.48. The van der Waals surface area contributed by atoms with Crippen LogP contribution in [0.15, 0.2) is 0 Å². The van der Waals surface area contributed by atoms with Crippen LogP contribution in [-0.2, 0) is 4.74 Å². The van der Waals surface area contributed by atoms with Crippen molar-refractivity contribution in [1.29, 1.82) is 0 Å². The van der Waals surface area contributed by atoms with Crippen LogP contribution in [0.1, 0.15) is 26.2 Å². The highest BCUT2D eigenvalue weighted by Crippen LogP contribution is 2.14. The number of nitrogens with zero attached hydrogens (tertiary/aromatic N) is 1. The number of rotatable bonds is 3. The molecule has 2 atom stereocenters. The Bertz CT molecular complexity index is 213. The van der Waals surface area contributed by atoms with Gasteiger partial charge in [0.2, 0.25) is 0 Å². The Kier molecular flexibility index (Phi) is 4.81. The van der Waals surface area contributed by atoms with Gasteiger partial charge in [0.05, 0.1) is 13.2 Å². The van der Waals surface area contributed by atoms with Crippen molar-refractivity contribution in [2.45, 2.75) is 38.5 Å². The van der Waals surface area contributed by atoms with E-state index in [0.29, 0.717) is 13.2 Å². The normalized spacial score (nSPS) is 26.5. The number of unbranched alkanes of at least 4 members (excludes halogenated alkanes) is 1. The molecule has 1 N–H and O–H groups in total. The SMILES string of the molecule is CCCCOC(=O)N1CCC(F)C(O)C1. The summed E-state index contributed by atoms with van der Waals surface area (Å²) >= 11 is 0. The van der Waals surface area contributed by atoms with Crippen LogP contribution in [0.2, 0.25) is 0 Å². The van der Waals surface area contributed by atoms with Gasteiger partial charge >= 0.3 is 6.09 Å². The number of aliphatic hydroxyl groups is 1. The van der Waals surface area contributed by atoms with Crippen LogP contribution in [0.25, 0.3) is 0 Å². The number of aliphatic hydroxyl groups excluding tert-OH is 1. The summed E-state index contributed by atoms with van der Waals surface area (Å²) < 4.78 is 17.9. The Morgan fingerprint density at radius 2 is 2.40 bits per heavy atom. The Balaban J connectivity index is 2.28. The van der Waals surface area contributed by atoms with E-state index in [9.17, 15) is 14.3 Å². The molecule has 0 bridgehead atoms. The first kappa shape index (κ1) is 12.2. The van der Waals surface area contributed by atoms with Gasteiger partial charge in [-0.2, -0.15) is 0 Å². The number of ether oxygens (including phenoxy) is 1. The van der Waals surface area contributed by atoms with Crippen LogP contribution in [0.3, 0.4) is 0 Å². The van der Waals surface area contributed by atoms with E-state index < -0.39 is 18.4 Å². The molecule has 0 spiro atoms. The first-order chi connectivity index (χ1) is 7.15. The molecule has 0 saturated carbocycles. The van der Waals surface area contributed by atoms with Crippen molar-refractivity contribution in [3.05, 3.63) is 0 Å². The number of likely N-dealkylation sites (tertiary alicyclic amines) is 1. The molecular weight excluding hydrogens is 201 g/mol. The maximum atomic E-state index is 12.9. The standard InChI is InChI=1S/C10H18FNO3/c1-2-3-6-15-10(14)12-5-4-8(11)9(13)7-12/h8-9,13H,2-7H2,1H3. The summed E-state index contributed by atoms with van der Waals surface area (Å²) in [5.74, 6) is 0. The summed E-state index contributed by atoms with van der Waals surface area (Å²) in [5.41, 5.74) is 0. The van der Waals surface area contributed by atoms with Gasteiger partial charge in [0, 0.05) is 6.54 Å². The van der Waals surface area contributed by atoms with Crippen molar-refractivity contribution >= 4 is 6.09 Å². The first-order valence-corrected chi connectivity index (χ1v) is 5.39. The van der Waals surface area contributed by atoms with Crippen LogP contribution in [0.4, 0.5) is 9.18 Å². The fourth-order valence-corrected chi connectivity index (χ4v) is 1.46. The lowest BCUT2D eigenvalue weighted by Crippen LogP contribution is -2.47. The summed E-state index contributed by atoms with van der Waals surface area (Å²) in [5, 5.41) is 9.24. The average molecular weight is 219 g/mol. The van der Waals surface area contributed by atoms with Crippen molar-refractivity contribution in [2.75, 3.05) is 19.7 Å². The minimum Gasteiger partial charge on any atom is -0.449 e. The minimum absolute atomic E-state index is 0.0339. The summed E-state index contributed by atoms with van der Waals surface area (Å²) in [6.45, 7) is 2.75. The highest BCUT2D eigenvalue weighted by atomic mass is 19.1. The molecule has 0 aliphatic carbocycles. The molecule has 1 fully saturated rings. The number of hydrogen-bond donors (Lipinski definition) is 1. The Morgan fingerprint density at radius 3 is 3.00 bits per heavy atom. The molecule has 1 saturated heterocycles. The molecule has 0 aromatic rings. The molecule has 1 aliphatic rings. The quantitative estimate of drug-likeness (QED) is 0.728. The zero-order chi connectivity index (χ0) is 11.3. The molecule has 0 aromatic heterocycles. The van der Waals surface area contributed by atoms with E-state index in [1.54, 1.807) is 0 Å². The zero-order valence-electron chi connectivity index (χ0n) is 8.99. The lowest BCUT2D eigenvalue weighted by atomic mass is 10.1. The predicted octanol–water partition coefficient (Wildman–Crippen LogP) is 1.33. The molecule has 88 valence electrons. The molecule has 0 radical (unpaired) electrons. The number of alkyl halides is 1. The topological polar surface area (TPSA) is 49.8 Å². The monoisotopic (exact) mass is 219 g/mol. The Labute approximate surface area is 89.0 Å². The van der Waals surface area contributed by atoms with E-state index in [1.165, 1.54) is 4.90 Å². The third kappa shape index (κ3) is 3.66. The molecule has 15 heavy (non-hydrogen) atoms. The summed E-state index contributed by atoms with van der Waals surface area (Å²) in [6, 6.07) is 0. The van der Waals surface area contributed by atoms with E-state index >= 15 is 0 Å². The lowest BCUT2D eigenvalue weighted by Gasteiger charge is -2.31. The number of piperidine rings is 1. The van der Waals surface area contributed by atoms with Gasteiger partial charge in [-0.15, -0.1) is 0 Å². The lowest BCUT2D eigenvalue weighted by molar-refractivity contribution is 0.000913. The molecule has 0 aromatic carbocycles. The van der Waals surface area contributed by atoms with Gasteiger partial charge < -0.3 is 14.7 Å². The zero-order valence-corrected chi connectivity index (χ0v) is 8.99. The highest BCUT2D eigenvalue weighted by molar-refractivity contribution is 5.67. The van der Waals surface area contributed by atoms with Crippen molar-refractivity contribution in [1.82, 2.24) is 4.90 Å². The molecule has 4 nitrogen and oxygen atoms in total. The van der Waals surface area contributed by atoms with Crippen LogP contribution >= 0.6 is 0 Å². The van der Waals surface area contributed by atoms with Crippen molar-refractivity contribution in [3.8, 4) is 0 Å². The smallest absolute Gasteiger partial charge is 0.409 e. The molecule has 2 unspecified atom stereocenters. The number of halogens is 1. The van der Waals surface area contributed by atoms with Crippen LogP contribution in [-0.4, -0.2) is 48.1 Å². The van der Waals surface area contributed by atoms with E-state index in [-0.39, 0.29) is 13.0 Å². The molecule has 1 amide bonds. The van der Waals surface area contributed by atoms with E-state index in [4.69, 9.17) is 4.74 Å². The van der Waals surface area contributed by atoms with Crippen molar-refractivity contribution in [2.24, 2.45) is 0 Å². The number of β-amino-alcohol motifs (C(OH)–C–C–N with tert-alkyl or cyclic N) is 1. The average Bonchev–Trinajstić information content (AvgIpc) is 2.22. The maximum absolute atomic E-state index is 12.9. The molecule has 1 aliphatic heterocycles. The molecular formula is C10H18FNO3. The highest BCUT2D eigenvalue weighted by Gasteiger charge is 2.30. The van der Waals surface area contributed by atoms with E-state index in [2.05, 4.69) is 0 Å². The number of carbonyl (C=O) groups excluding carboxylic acids is 1. The predicted molar refractivity (Wildman–Crippen MR) is 53.3 cm³/mol. The fraction of sp³-hybridized carbons (Fsp3) is 0.900. The van der Waals surface area contributed by atoms with Gasteiger partial charge in [-0.3, -0.25) is 0 Å². The van der Waals surface area contributed by atoms with Gasteiger partial charge in [-0.25, -0.2) is 9.18 Å². The first-order valence-electron chi connectivity index (χ1n) is 5.39. The van der Waals surface area contributed by atoms with Crippen LogP contribution < -0.4 is 0 Å². The van der Waals surface area contributed by atoms with Gasteiger partial charge in [0.1, 0.15) is 12.3 Å². The van der Waals surface area contributed by atoms with Crippen molar-refractivity contribution < 1.29 is 19.0 Å². The minimum atomic E-state index is -1.22. The number of amides is 1. The van der Waals surface area contributed by atoms with Crippen LogP contribution in [0.5, 0.6) is 0 Å². The van der Waals surface area contributed by atoms with E-state index in [1.807, 2.05) is 6.92 Å². The molecule has 1 rings (SSSR count). The van der Waals surface area contributed by atoms with Gasteiger partial charge in [0.25, 0.3) is 0 Å². The van der Waals surface area contributed by atoms with Gasteiger partial charge in [0.15, 0.2) is 0 Å². The summed E-state index contributed by atoms with van der Waals surface area (Å²) in [4.78, 5) is 12.8. The van der Waals surface area contributed by atoms with Gasteiger partial charge in [-0.05, 0) is 12.8 Å². The second-order valence-corrected chi connectivity index (χ2v) is 3.79. The van der Waals surface area contributed by atoms with E-state index in [0.717, 1.165) is 12.8 Å². The summed E-state index contributed by atoms with van der Waals surface area (Å²) in [6.07, 6.45) is -0.767. The van der Waals surface area contributed by atoms with Gasteiger partial charge in [-0.1, -0.05) is 13.3 Å². The van der Waals surface area contributed by atoms with Crippen molar-refractivity contribution in [3.63, 3.8) is 0 Å². The third-order valence-electron chi connectivity index (χ3n) is 2.48.